The molecule has 12 heteroatoms. The van der Waals surface area contributed by atoms with Gasteiger partial charge in [-0.15, -0.1) is 0 Å². The maximum absolute atomic E-state index is 12.5. The Balaban J connectivity index is 1.32. The molecule has 0 fully saturated rings. The smallest absolute Gasteiger partial charge is 0.336 e. The lowest BCUT2D eigenvalue weighted by Gasteiger charge is -2.25. The molecule has 5 N–H and O–H groups in total. The molecule has 0 saturated heterocycles. The van der Waals surface area contributed by atoms with Crippen molar-refractivity contribution in [3.8, 4) is 34.5 Å². The SMILES string of the molecule is C=c1ccc2c(c1)Oc1c(ccc(O)c1CNC(Cc1cc(I)c(Oc3ccc(O)c(I)c3)c(I)c1)C(=O)O)C=2c1ccccc1C(=O)O. The highest BCUT2D eigenvalue weighted by atomic mass is 127. The molecule has 1 unspecified atom stereocenters. The summed E-state index contributed by atoms with van der Waals surface area (Å²) in [6.07, 6.45) is 0.131. The normalized spacial score (nSPS) is 12.4. The maximum Gasteiger partial charge on any atom is 0.336 e. The Labute approximate surface area is 321 Å². The van der Waals surface area contributed by atoms with Gasteiger partial charge in [0.25, 0.3) is 0 Å². The van der Waals surface area contributed by atoms with Crippen molar-refractivity contribution in [3.05, 3.63) is 134 Å². The molecule has 0 aliphatic carbocycles. The third-order valence-corrected chi connectivity index (χ3v) is 10.4. The molecule has 0 bridgehead atoms. The average Bonchev–Trinajstić information content (AvgIpc) is 3.05. The van der Waals surface area contributed by atoms with Crippen molar-refractivity contribution >= 4 is 91.9 Å². The molecular weight excluding hydrogens is 967 g/mol. The number of halogens is 3. The molecule has 0 saturated carbocycles. The second kappa shape index (κ2) is 14.5. The van der Waals surface area contributed by atoms with E-state index in [1.807, 2.05) is 46.9 Å². The molecule has 1 atom stereocenters. The lowest BCUT2D eigenvalue weighted by atomic mass is 9.88. The van der Waals surface area contributed by atoms with E-state index in [1.165, 1.54) is 12.1 Å². The number of rotatable bonds is 10. The molecule has 1 aliphatic heterocycles. The standard InChI is InChI=1S/C37H26I3NO8/c1-18-6-8-23-32(12-18)49-34-24(33(23)21-4-2-3-5-22(21)36(44)45)9-11-30(42)25(34)17-41-29(37(46)47)15-19-13-27(39)35(28(40)14-19)48-20-7-10-31(43)26(38)16-20/h2-14,16,29,41-43H,1,15,17H2,(H,44,45)(H,46,47). The number of phenols is 2. The number of hydrogen-bond donors (Lipinski definition) is 5. The van der Waals surface area contributed by atoms with Crippen molar-refractivity contribution < 1.29 is 39.5 Å². The zero-order valence-corrected chi connectivity index (χ0v) is 31.8. The highest BCUT2D eigenvalue weighted by Crippen LogP contribution is 2.42. The number of phenolic OH excluding ortho intramolecular Hbond substituents is 2. The number of benzene rings is 5. The molecule has 5 aromatic rings. The molecule has 49 heavy (non-hydrogen) atoms. The van der Waals surface area contributed by atoms with Gasteiger partial charge in [-0.3, -0.25) is 10.1 Å². The van der Waals surface area contributed by atoms with E-state index in [0.29, 0.717) is 59.3 Å². The first-order valence-corrected chi connectivity index (χ1v) is 17.9. The summed E-state index contributed by atoms with van der Waals surface area (Å²) in [5, 5.41) is 45.6. The molecule has 0 spiro atoms. The van der Waals surface area contributed by atoms with Crippen LogP contribution in [-0.4, -0.2) is 38.4 Å². The Bertz CT molecular complexity index is 2250. The number of carboxylic acids is 2. The number of aromatic hydroxyl groups is 2. The van der Waals surface area contributed by atoms with Gasteiger partial charge in [0.2, 0.25) is 0 Å². The Morgan fingerprint density at radius 3 is 2.24 bits per heavy atom. The molecule has 9 nitrogen and oxygen atoms in total. The van der Waals surface area contributed by atoms with E-state index in [-0.39, 0.29) is 30.0 Å². The van der Waals surface area contributed by atoms with Crippen LogP contribution >= 0.6 is 67.8 Å². The molecule has 0 aromatic heterocycles. The number of fused-ring (bicyclic) bond motifs is 2. The van der Waals surface area contributed by atoms with Crippen LogP contribution in [0, 0.1) is 10.7 Å². The van der Waals surface area contributed by atoms with Gasteiger partial charge in [-0.1, -0.05) is 36.9 Å². The van der Waals surface area contributed by atoms with Crippen molar-refractivity contribution in [3.63, 3.8) is 0 Å². The van der Waals surface area contributed by atoms with Crippen LogP contribution in [0.4, 0.5) is 0 Å². The van der Waals surface area contributed by atoms with Crippen LogP contribution in [0.3, 0.4) is 0 Å². The summed E-state index contributed by atoms with van der Waals surface area (Å²) in [7, 11) is 0. The summed E-state index contributed by atoms with van der Waals surface area (Å²) in [5.41, 5.74) is 2.83. The molecule has 0 amide bonds. The topological polar surface area (TPSA) is 146 Å². The van der Waals surface area contributed by atoms with E-state index < -0.39 is 18.0 Å². The predicted octanol–water partition coefficient (Wildman–Crippen LogP) is 6.95. The number of ether oxygens (including phenoxy) is 2. The van der Waals surface area contributed by atoms with Gasteiger partial charge < -0.3 is 29.9 Å². The summed E-state index contributed by atoms with van der Waals surface area (Å²) in [4.78, 5) is 24.7. The Kier molecular flexibility index (Phi) is 10.4. The summed E-state index contributed by atoms with van der Waals surface area (Å²) in [6.45, 7) is 3.94. The average molecular weight is 993 g/mol. The van der Waals surface area contributed by atoms with Gasteiger partial charge in [-0.05, 0) is 145 Å². The number of aliphatic carboxylic acids is 1. The van der Waals surface area contributed by atoms with Gasteiger partial charge in [-0.2, -0.15) is 0 Å². The third-order valence-electron chi connectivity index (χ3n) is 7.92. The third kappa shape index (κ3) is 7.36. The van der Waals surface area contributed by atoms with Gasteiger partial charge in [0.05, 0.1) is 21.8 Å². The number of hydrogen-bond acceptors (Lipinski definition) is 7. The van der Waals surface area contributed by atoms with Gasteiger partial charge in [-0.25, -0.2) is 4.79 Å². The van der Waals surface area contributed by atoms with Crippen molar-refractivity contribution in [2.45, 2.75) is 19.0 Å². The summed E-state index contributed by atoms with van der Waals surface area (Å²) in [5.74, 6) is -0.208. The monoisotopic (exact) mass is 993 g/mol. The first kappa shape index (κ1) is 35.0. The fourth-order valence-corrected chi connectivity index (χ4v) is 8.20. The lowest BCUT2D eigenvalue weighted by molar-refractivity contribution is -0.139. The summed E-state index contributed by atoms with van der Waals surface area (Å²) in [6, 6.07) is 22.9. The first-order chi connectivity index (χ1) is 23.4. The van der Waals surface area contributed by atoms with Crippen LogP contribution in [0.1, 0.15) is 32.6 Å². The fraction of sp³-hybridized carbons (Fsp3) is 0.0811. The number of carbonyl (C=O) groups is 2. The Morgan fingerprint density at radius 1 is 0.837 bits per heavy atom. The fourth-order valence-electron chi connectivity index (χ4n) is 5.60. The Morgan fingerprint density at radius 2 is 1.55 bits per heavy atom. The van der Waals surface area contributed by atoms with Gasteiger partial charge in [0, 0.05) is 22.9 Å². The minimum Gasteiger partial charge on any atom is -0.507 e. The molecule has 0 radical (unpaired) electrons. The van der Waals surface area contributed by atoms with Crippen molar-refractivity contribution in [2.24, 2.45) is 0 Å². The van der Waals surface area contributed by atoms with Gasteiger partial charge in [0.1, 0.15) is 34.8 Å². The number of carboxylic acid groups (broad SMARTS) is 2. The van der Waals surface area contributed by atoms with E-state index in [4.69, 9.17) is 9.47 Å². The lowest BCUT2D eigenvalue weighted by Crippen LogP contribution is -2.38. The van der Waals surface area contributed by atoms with Crippen molar-refractivity contribution in [1.82, 2.24) is 5.32 Å². The van der Waals surface area contributed by atoms with Crippen LogP contribution < -0.4 is 25.2 Å². The number of aromatic carboxylic acids is 1. The molecule has 6 rings (SSSR count). The molecule has 248 valence electrons. The second-order valence-electron chi connectivity index (χ2n) is 11.2. The van der Waals surface area contributed by atoms with E-state index in [1.54, 1.807) is 48.5 Å². The summed E-state index contributed by atoms with van der Waals surface area (Å²) >= 11 is 6.32. The summed E-state index contributed by atoms with van der Waals surface area (Å²) < 4.78 is 14.7. The van der Waals surface area contributed by atoms with Gasteiger partial charge in [0.15, 0.2) is 5.75 Å². The Hall–Kier alpha value is -3.87. The predicted molar refractivity (Wildman–Crippen MR) is 209 cm³/mol. The zero-order chi connectivity index (χ0) is 35.0. The van der Waals surface area contributed by atoms with Crippen molar-refractivity contribution in [1.29, 1.82) is 0 Å². The zero-order valence-electron chi connectivity index (χ0n) is 25.3. The molecule has 1 heterocycles. The maximum atomic E-state index is 12.5. The van der Waals surface area contributed by atoms with E-state index in [2.05, 4.69) is 57.1 Å². The number of nitrogens with one attached hydrogen (secondary N) is 1. The van der Waals surface area contributed by atoms with Crippen molar-refractivity contribution in [2.75, 3.05) is 0 Å². The van der Waals surface area contributed by atoms with E-state index in [9.17, 15) is 30.0 Å². The van der Waals surface area contributed by atoms with Crippen LogP contribution in [-0.2, 0) is 17.8 Å². The van der Waals surface area contributed by atoms with Crippen LogP contribution in [0.25, 0.3) is 12.2 Å². The molecular formula is C37H26I3NO8. The first-order valence-electron chi connectivity index (χ1n) is 14.7. The van der Waals surface area contributed by atoms with Crippen LogP contribution in [0.2, 0.25) is 0 Å². The second-order valence-corrected chi connectivity index (χ2v) is 14.7. The van der Waals surface area contributed by atoms with Crippen LogP contribution in [0.5, 0.6) is 34.5 Å². The molecule has 5 aromatic carbocycles. The largest absolute Gasteiger partial charge is 0.507 e. The highest BCUT2D eigenvalue weighted by molar-refractivity contribution is 14.1. The minimum atomic E-state index is -1.09. The quantitative estimate of drug-likeness (QED) is 0.0922. The minimum absolute atomic E-state index is 0.0614. The molecule has 1 aliphatic rings. The highest BCUT2D eigenvalue weighted by Gasteiger charge is 2.28. The van der Waals surface area contributed by atoms with Crippen LogP contribution in [0.15, 0.2) is 84.9 Å². The van der Waals surface area contributed by atoms with E-state index in [0.717, 1.165) is 12.7 Å². The van der Waals surface area contributed by atoms with Gasteiger partial charge >= 0.3 is 11.9 Å². The van der Waals surface area contributed by atoms with E-state index >= 15 is 0 Å².